The highest BCUT2D eigenvalue weighted by molar-refractivity contribution is 6.30. The largest absolute Gasteiger partial charge is 0.326 e. The number of aromatic nitrogens is 2. The molecular formula is C14H16ClN3O. The lowest BCUT2D eigenvalue weighted by molar-refractivity contribution is -0.117. The number of anilines is 1. The number of carbonyl (C=O) groups excluding carboxylic acids is 1. The van der Waals surface area contributed by atoms with Crippen molar-refractivity contribution >= 4 is 23.2 Å². The second kappa shape index (κ2) is 5.45. The number of aryl methyl sites for hydroxylation is 2. The molecule has 2 aromatic rings. The molecule has 5 heteroatoms. The maximum Gasteiger partial charge on any atom is 0.231 e. The first-order valence-electron chi connectivity index (χ1n) is 6.07. The molecular weight excluding hydrogens is 262 g/mol. The number of H-pyrrole nitrogens is 1. The van der Waals surface area contributed by atoms with E-state index in [1.165, 1.54) is 0 Å². The predicted octanol–water partition coefficient (Wildman–Crippen LogP) is 3.42. The summed E-state index contributed by atoms with van der Waals surface area (Å²) in [6, 6.07) is 7.11. The summed E-state index contributed by atoms with van der Waals surface area (Å²) in [6.07, 6.45) is 0. The van der Waals surface area contributed by atoms with Crippen molar-refractivity contribution in [3.63, 3.8) is 0 Å². The Labute approximate surface area is 117 Å². The van der Waals surface area contributed by atoms with Gasteiger partial charge in [-0.3, -0.25) is 9.89 Å². The number of halogens is 1. The smallest absolute Gasteiger partial charge is 0.231 e. The molecule has 0 spiro atoms. The molecule has 1 aromatic heterocycles. The SMILES string of the molecule is Cc1n[nH]c(C)c1C(C)C(=O)Nc1cccc(Cl)c1. The fraction of sp³-hybridized carbons (Fsp3) is 0.286. The topological polar surface area (TPSA) is 57.8 Å². The number of carbonyl (C=O) groups is 1. The maximum absolute atomic E-state index is 12.2. The van der Waals surface area contributed by atoms with Crippen molar-refractivity contribution in [2.45, 2.75) is 26.7 Å². The maximum atomic E-state index is 12.2. The van der Waals surface area contributed by atoms with Crippen molar-refractivity contribution in [3.8, 4) is 0 Å². The van der Waals surface area contributed by atoms with Crippen LogP contribution in [0.5, 0.6) is 0 Å². The van der Waals surface area contributed by atoms with E-state index in [1.807, 2.05) is 26.8 Å². The number of rotatable bonds is 3. The molecule has 4 nitrogen and oxygen atoms in total. The fourth-order valence-corrected chi connectivity index (χ4v) is 2.34. The van der Waals surface area contributed by atoms with Gasteiger partial charge in [0, 0.05) is 22.0 Å². The summed E-state index contributed by atoms with van der Waals surface area (Å²) in [5.41, 5.74) is 3.42. The average Bonchev–Trinajstić information content (AvgIpc) is 2.68. The molecule has 1 aromatic carbocycles. The highest BCUT2D eigenvalue weighted by Crippen LogP contribution is 2.23. The Hall–Kier alpha value is -1.81. The Morgan fingerprint density at radius 3 is 2.74 bits per heavy atom. The van der Waals surface area contributed by atoms with Crippen molar-refractivity contribution in [1.29, 1.82) is 0 Å². The number of benzene rings is 1. The Morgan fingerprint density at radius 2 is 2.16 bits per heavy atom. The van der Waals surface area contributed by atoms with Crippen molar-refractivity contribution in [2.24, 2.45) is 0 Å². The number of amides is 1. The Bertz CT molecular complexity index is 587. The monoisotopic (exact) mass is 277 g/mol. The normalized spacial score (nSPS) is 12.2. The molecule has 1 heterocycles. The third kappa shape index (κ3) is 2.96. The zero-order valence-corrected chi connectivity index (χ0v) is 11.9. The summed E-state index contributed by atoms with van der Waals surface area (Å²) < 4.78 is 0. The minimum absolute atomic E-state index is 0.0742. The molecule has 1 unspecified atom stereocenters. The molecule has 1 amide bonds. The minimum Gasteiger partial charge on any atom is -0.326 e. The number of nitrogens with one attached hydrogen (secondary N) is 2. The van der Waals surface area contributed by atoms with Gasteiger partial charge in [0.15, 0.2) is 0 Å². The molecule has 1 atom stereocenters. The van der Waals surface area contributed by atoms with E-state index < -0.39 is 0 Å². The van der Waals surface area contributed by atoms with Gasteiger partial charge in [-0.2, -0.15) is 5.10 Å². The second-order valence-electron chi connectivity index (χ2n) is 4.57. The average molecular weight is 278 g/mol. The quantitative estimate of drug-likeness (QED) is 0.903. The van der Waals surface area contributed by atoms with Crippen molar-refractivity contribution in [3.05, 3.63) is 46.2 Å². The number of hydrogen-bond donors (Lipinski definition) is 2. The van der Waals surface area contributed by atoms with Crippen LogP contribution in [0.3, 0.4) is 0 Å². The summed E-state index contributed by atoms with van der Waals surface area (Å²) in [6.45, 7) is 5.67. The first-order valence-corrected chi connectivity index (χ1v) is 6.44. The second-order valence-corrected chi connectivity index (χ2v) is 5.01. The lowest BCUT2D eigenvalue weighted by atomic mass is 9.98. The van der Waals surface area contributed by atoms with Crippen LogP contribution in [0, 0.1) is 13.8 Å². The van der Waals surface area contributed by atoms with E-state index in [1.54, 1.807) is 18.2 Å². The summed E-state index contributed by atoms with van der Waals surface area (Å²) in [5.74, 6) is -0.340. The van der Waals surface area contributed by atoms with E-state index in [9.17, 15) is 4.79 Å². The van der Waals surface area contributed by atoms with Gasteiger partial charge < -0.3 is 5.32 Å². The molecule has 2 rings (SSSR count). The highest BCUT2D eigenvalue weighted by Gasteiger charge is 2.21. The third-order valence-corrected chi connectivity index (χ3v) is 3.34. The van der Waals surface area contributed by atoms with Crippen molar-refractivity contribution in [2.75, 3.05) is 5.32 Å². The van der Waals surface area contributed by atoms with Gasteiger partial charge in [-0.1, -0.05) is 17.7 Å². The molecule has 2 N–H and O–H groups in total. The van der Waals surface area contributed by atoms with Gasteiger partial charge in [0.05, 0.1) is 11.6 Å². The standard InChI is InChI=1S/C14H16ClN3O/c1-8(13-9(2)17-18-10(13)3)14(19)16-12-6-4-5-11(15)7-12/h4-8H,1-3H3,(H,16,19)(H,17,18). The van der Waals surface area contributed by atoms with E-state index >= 15 is 0 Å². The van der Waals surface area contributed by atoms with Gasteiger partial charge in [-0.05, 0) is 39.0 Å². The highest BCUT2D eigenvalue weighted by atomic mass is 35.5. The van der Waals surface area contributed by atoms with Gasteiger partial charge in [-0.25, -0.2) is 0 Å². The van der Waals surface area contributed by atoms with E-state index in [4.69, 9.17) is 11.6 Å². The van der Waals surface area contributed by atoms with E-state index in [0.29, 0.717) is 10.7 Å². The van der Waals surface area contributed by atoms with Crippen LogP contribution in [-0.4, -0.2) is 16.1 Å². The van der Waals surface area contributed by atoms with Gasteiger partial charge in [0.2, 0.25) is 5.91 Å². The van der Waals surface area contributed by atoms with E-state index in [-0.39, 0.29) is 11.8 Å². The van der Waals surface area contributed by atoms with Crippen LogP contribution in [-0.2, 0) is 4.79 Å². The van der Waals surface area contributed by atoms with Crippen LogP contribution in [0.2, 0.25) is 5.02 Å². The number of aromatic amines is 1. The zero-order chi connectivity index (χ0) is 14.0. The van der Waals surface area contributed by atoms with Gasteiger partial charge >= 0.3 is 0 Å². The van der Waals surface area contributed by atoms with Crippen LogP contribution in [0.4, 0.5) is 5.69 Å². The zero-order valence-electron chi connectivity index (χ0n) is 11.1. The molecule has 0 saturated heterocycles. The van der Waals surface area contributed by atoms with Crippen LogP contribution in [0.15, 0.2) is 24.3 Å². The molecule has 0 aliphatic carbocycles. The van der Waals surface area contributed by atoms with E-state index in [2.05, 4.69) is 15.5 Å². The predicted molar refractivity (Wildman–Crippen MR) is 76.6 cm³/mol. The van der Waals surface area contributed by atoms with Crippen LogP contribution >= 0.6 is 11.6 Å². The van der Waals surface area contributed by atoms with Crippen LogP contribution in [0.25, 0.3) is 0 Å². The van der Waals surface area contributed by atoms with E-state index in [0.717, 1.165) is 17.0 Å². The third-order valence-electron chi connectivity index (χ3n) is 3.10. The Balaban J connectivity index is 2.16. The Kier molecular flexibility index (Phi) is 3.90. The molecule has 0 aliphatic heterocycles. The first kappa shape index (κ1) is 13.6. The lowest BCUT2D eigenvalue weighted by Crippen LogP contribution is -2.19. The van der Waals surface area contributed by atoms with Gasteiger partial charge in [0.25, 0.3) is 0 Å². The molecule has 0 radical (unpaired) electrons. The van der Waals surface area contributed by atoms with Gasteiger partial charge in [-0.15, -0.1) is 0 Å². The summed E-state index contributed by atoms with van der Waals surface area (Å²) in [4.78, 5) is 12.2. The number of hydrogen-bond acceptors (Lipinski definition) is 2. The fourth-order valence-electron chi connectivity index (χ4n) is 2.15. The first-order chi connectivity index (χ1) is 8.99. The molecule has 0 fully saturated rings. The molecule has 19 heavy (non-hydrogen) atoms. The summed E-state index contributed by atoms with van der Waals surface area (Å²) in [5, 5.41) is 10.5. The van der Waals surface area contributed by atoms with Crippen molar-refractivity contribution < 1.29 is 4.79 Å². The van der Waals surface area contributed by atoms with Crippen LogP contribution < -0.4 is 5.32 Å². The number of nitrogens with zero attached hydrogens (tertiary/aromatic N) is 1. The van der Waals surface area contributed by atoms with Crippen molar-refractivity contribution in [1.82, 2.24) is 10.2 Å². The van der Waals surface area contributed by atoms with Gasteiger partial charge in [0.1, 0.15) is 0 Å². The Morgan fingerprint density at radius 1 is 1.42 bits per heavy atom. The molecule has 0 bridgehead atoms. The summed E-state index contributed by atoms with van der Waals surface area (Å²) in [7, 11) is 0. The molecule has 100 valence electrons. The minimum atomic E-state index is -0.266. The molecule has 0 aliphatic rings. The van der Waals surface area contributed by atoms with Crippen LogP contribution in [0.1, 0.15) is 29.8 Å². The lowest BCUT2D eigenvalue weighted by Gasteiger charge is -2.13. The molecule has 0 saturated carbocycles. The summed E-state index contributed by atoms with van der Waals surface area (Å²) >= 11 is 5.89.